The second-order valence-corrected chi connectivity index (χ2v) is 9.54. The van der Waals surface area contributed by atoms with E-state index in [9.17, 15) is 9.59 Å². The van der Waals surface area contributed by atoms with Crippen molar-refractivity contribution in [2.75, 3.05) is 44.3 Å². The van der Waals surface area contributed by atoms with Gasteiger partial charge in [0.2, 0.25) is 0 Å². The van der Waals surface area contributed by atoms with Crippen molar-refractivity contribution in [2.45, 2.75) is 25.7 Å². The number of hydrogen-bond acceptors (Lipinski definition) is 6. The first-order chi connectivity index (χ1) is 17.2. The topological polar surface area (TPSA) is 72.0 Å². The predicted molar refractivity (Wildman–Crippen MR) is 134 cm³/mol. The smallest absolute Gasteiger partial charge is 0.257 e. The molecule has 4 heterocycles. The molecule has 0 saturated carbocycles. The van der Waals surface area contributed by atoms with Gasteiger partial charge in [-0.3, -0.25) is 9.59 Å². The summed E-state index contributed by atoms with van der Waals surface area (Å²) in [4.78, 5) is 35.9. The van der Waals surface area contributed by atoms with Gasteiger partial charge in [0.1, 0.15) is 19.0 Å². The first-order valence-corrected chi connectivity index (χ1v) is 12.6. The van der Waals surface area contributed by atoms with Crippen molar-refractivity contribution >= 4 is 28.4 Å². The fourth-order valence-corrected chi connectivity index (χ4v) is 5.38. The quantitative estimate of drug-likeness (QED) is 0.527. The minimum Gasteiger partial charge on any atom is -0.486 e. The van der Waals surface area contributed by atoms with Gasteiger partial charge in [0.05, 0.1) is 11.1 Å². The van der Waals surface area contributed by atoms with Crippen LogP contribution < -0.4 is 14.4 Å². The number of ketones is 1. The Morgan fingerprint density at radius 3 is 2.40 bits per heavy atom. The Morgan fingerprint density at radius 1 is 0.857 bits per heavy atom. The summed E-state index contributed by atoms with van der Waals surface area (Å²) in [7, 11) is 0. The summed E-state index contributed by atoms with van der Waals surface area (Å²) in [6.45, 7) is 4.00. The standard InChI is InChI=1S/C28H29N3O4/c32-26(21-7-8-24-25(18-21)35-16-15-34-24)19-9-13-31(14-10-19)28(33)22-17-20-5-1-2-6-23(20)29-27(22)30-11-3-4-12-30/h1-2,5-8,17-19H,3-4,9-16H2. The molecule has 2 saturated heterocycles. The molecule has 3 aliphatic heterocycles. The largest absolute Gasteiger partial charge is 0.486 e. The normalized spacial score (nSPS) is 18.2. The van der Waals surface area contributed by atoms with Gasteiger partial charge in [-0.15, -0.1) is 0 Å². The molecule has 1 amide bonds. The highest BCUT2D eigenvalue weighted by Gasteiger charge is 2.31. The molecule has 6 rings (SSSR count). The Balaban J connectivity index is 1.19. The minimum atomic E-state index is -0.102. The van der Waals surface area contributed by atoms with Crippen molar-refractivity contribution in [3.8, 4) is 11.5 Å². The number of piperidine rings is 1. The van der Waals surface area contributed by atoms with Gasteiger partial charge >= 0.3 is 0 Å². The van der Waals surface area contributed by atoms with Crippen LogP contribution >= 0.6 is 0 Å². The van der Waals surface area contributed by atoms with Gasteiger partial charge in [-0.25, -0.2) is 4.98 Å². The molecule has 0 unspecified atom stereocenters. The molecule has 3 aromatic rings. The van der Waals surface area contributed by atoms with E-state index in [1.165, 1.54) is 0 Å². The van der Waals surface area contributed by atoms with E-state index in [1.807, 2.05) is 47.4 Å². The lowest BCUT2D eigenvalue weighted by Gasteiger charge is -2.32. The monoisotopic (exact) mass is 471 g/mol. The fraction of sp³-hybridized carbons (Fsp3) is 0.393. The molecule has 1 aromatic heterocycles. The van der Waals surface area contributed by atoms with E-state index in [-0.39, 0.29) is 17.6 Å². The third-order valence-electron chi connectivity index (χ3n) is 7.32. The SMILES string of the molecule is O=C(c1ccc2c(c1)OCCO2)C1CCN(C(=O)c2cc3ccccc3nc2N2CCCC2)CC1. The molecular weight excluding hydrogens is 442 g/mol. The molecular formula is C28H29N3O4. The number of para-hydroxylation sites is 1. The zero-order valence-corrected chi connectivity index (χ0v) is 19.7. The van der Waals surface area contributed by atoms with Gasteiger partial charge < -0.3 is 19.3 Å². The van der Waals surface area contributed by atoms with Crippen molar-refractivity contribution < 1.29 is 19.1 Å². The van der Waals surface area contributed by atoms with Crippen LogP contribution in [0, 0.1) is 5.92 Å². The molecule has 0 N–H and O–H groups in total. The van der Waals surface area contributed by atoms with Crippen molar-refractivity contribution in [3.63, 3.8) is 0 Å². The van der Waals surface area contributed by atoms with Crippen molar-refractivity contribution in [1.29, 1.82) is 0 Å². The summed E-state index contributed by atoms with van der Waals surface area (Å²) in [5, 5.41) is 0.975. The molecule has 180 valence electrons. The number of pyridine rings is 1. The highest BCUT2D eigenvalue weighted by molar-refractivity contribution is 6.03. The second kappa shape index (κ2) is 9.21. The maximum atomic E-state index is 13.7. The average Bonchev–Trinajstić information content (AvgIpc) is 3.46. The molecule has 0 radical (unpaired) electrons. The van der Waals surface area contributed by atoms with Crippen LogP contribution in [0.3, 0.4) is 0 Å². The number of rotatable bonds is 4. The zero-order chi connectivity index (χ0) is 23.8. The molecule has 0 aliphatic carbocycles. The Morgan fingerprint density at radius 2 is 1.60 bits per heavy atom. The lowest BCUT2D eigenvalue weighted by atomic mass is 9.88. The van der Waals surface area contributed by atoms with Crippen molar-refractivity contribution in [2.24, 2.45) is 5.92 Å². The van der Waals surface area contributed by atoms with E-state index in [1.54, 1.807) is 6.07 Å². The Kier molecular flexibility index (Phi) is 5.76. The van der Waals surface area contributed by atoms with Crippen LogP contribution in [0.5, 0.6) is 11.5 Å². The van der Waals surface area contributed by atoms with Gasteiger partial charge in [-0.2, -0.15) is 0 Å². The van der Waals surface area contributed by atoms with Crippen LogP contribution in [0.25, 0.3) is 10.9 Å². The van der Waals surface area contributed by atoms with E-state index in [2.05, 4.69) is 4.90 Å². The van der Waals surface area contributed by atoms with Crippen LogP contribution in [-0.2, 0) is 0 Å². The number of amides is 1. The molecule has 3 aliphatic rings. The van der Waals surface area contributed by atoms with E-state index in [0.717, 1.165) is 42.7 Å². The summed E-state index contributed by atoms with van der Waals surface area (Å²) in [5.74, 6) is 2.13. The number of carbonyl (C=O) groups excluding carboxylic acids is 2. The highest BCUT2D eigenvalue weighted by Crippen LogP contribution is 2.33. The van der Waals surface area contributed by atoms with Gasteiger partial charge in [0, 0.05) is 43.0 Å². The lowest BCUT2D eigenvalue weighted by Crippen LogP contribution is -2.41. The maximum Gasteiger partial charge on any atom is 0.257 e. The second-order valence-electron chi connectivity index (χ2n) is 9.54. The Bertz CT molecular complexity index is 1280. The van der Waals surface area contributed by atoms with Crippen molar-refractivity contribution in [1.82, 2.24) is 9.88 Å². The maximum absolute atomic E-state index is 13.7. The summed E-state index contributed by atoms with van der Waals surface area (Å²) in [5.41, 5.74) is 2.23. The number of ether oxygens (including phenoxy) is 2. The number of hydrogen-bond donors (Lipinski definition) is 0. The molecule has 0 atom stereocenters. The number of anilines is 1. The number of likely N-dealkylation sites (tertiary alicyclic amines) is 1. The number of fused-ring (bicyclic) bond motifs is 2. The lowest BCUT2D eigenvalue weighted by molar-refractivity contribution is 0.0650. The number of carbonyl (C=O) groups is 2. The van der Waals surface area contributed by atoms with Gasteiger partial charge in [-0.05, 0) is 56.0 Å². The minimum absolute atomic E-state index is 0.00961. The third kappa shape index (κ3) is 4.20. The summed E-state index contributed by atoms with van der Waals surface area (Å²) < 4.78 is 11.2. The van der Waals surface area contributed by atoms with E-state index in [4.69, 9.17) is 14.5 Å². The Hall–Kier alpha value is -3.61. The average molecular weight is 472 g/mol. The first kappa shape index (κ1) is 21.9. The van der Waals surface area contributed by atoms with Gasteiger partial charge in [0.25, 0.3) is 5.91 Å². The molecule has 7 heteroatoms. The van der Waals surface area contributed by atoms with Crippen LogP contribution in [-0.4, -0.2) is 61.0 Å². The van der Waals surface area contributed by atoms with Crippen LogP contribution in [0.4, 0.5) is 5.82 Å². The summed E-state index contributed by atoms with van der Waals surface area (Å²) in [6.07, 6.45) is 3.54. The molecule has 2 aromatic carbocycles. The van der Waals surface area contributed by atoms with E-state index < -0.39 is 0 Å². The number of Topliss-reactive ketones (excluding diaryl/α,β-unsaturated/α-hetero) is 1. The molecule has 2 fully saturated rings. The van der Waals surface area contributed by atoms with E-state index >= 15 is 0 Å². The summed E-state index contributed by atoms with van der Waals surface area (Å²) in [6, 6.07) is 15.4. The fourth-order valence-electron chi connectivity index (χ4n) is 5.38. The molecule has 7 nitrogen and oxygen atoms in total. The van der Waals surface area contributed by atoms with Crippen LogP contribution in [0.1, 0.15) is 46.4 Å². The van der Waals surface area contributed by atoms with E-state index in [0.29, 0.717) is 61.8 Å². The van der Waals surface area contributed by atoms with Gasteiger partial charge in [0.15, 0.2) is 17.3 Å². The Labute approximate surface area is 204 Å². The predicted octanol–water partition coefficient (Wildman–Crippen LogP) is 4.34. The molecule has 35 heavy (non-hydrogen) atoms. The first-order valence-electron chi connectivity index (χ1n) is 12.6. The van der Waals surface area contributed by atoms with Crippen molar-refractivity contribution in [3.05, 3.63) is 59.7 Å². The summed E-state index contributed by atoms with van der Waals surface area (Å²) >= 11 is 0. The molecule has 0 bridgehead atoms. The highest BCUT2D eigenvalue weighted by atomic mass is 16.6. The zero-order valence-electron chi connectivity index (χ0n) is 19.7. The number of benzene rings is 2. The third-order valence-corrected chi connectivity index (χ3v) is 7.32. The molecule has 0 spiro atoms. The van der Waals surface area contributed by atoms with Crippen LogP contribution in [0.2, 0.25) is 0 Å². The van der Waals surface area contributed by atoms with Gasteiger partial charge in [-0.1, -0.05) is 18.2 Å². The van der Waals surface area contributed by atoms with Crippen LogP contribution in [0.15, 0.2) is 48.5 Å². The number of nitrogens with zero attached hydrogens (tertiary/aromatic N) is 3. The number of aromatic nitrogens is 1.